The van der Waals surface area contributed by atoms with Gasteiger partial charge in [0.1, 0.15) is 12.6 Å². The van der Waals surface area contributed by atoms with Gasteiger partial charge in [0.25, 0.3) is 0 Å². The van der Waals surface area contributed by atoms with Gasteiger partial charge in [0.2, 0.25) is 0 Å². The Morgan fingerprint density at radius 2 is 1.00 bits per heavy atom. The monoisotopic (exact) mass is 290 g/mol. The summed E-state index contributed by atoms with van der Waals surface area (Å²) in [6, 6.07) is 0. The number of hydrogen-bond donors (Lipinski definition) is 0. The van der Waals surface area contributed by atoms with Crippen LogP contribution in [0.25, 0.3) is 0 Å². The van der Waals surface area contributed by atoms with Crippen LogP contribution in [0.2, 0.25) is 0 Å². The first kappa shape index (κ1) is 15.7. The molecule has 0 rings (SSSR count). The van der Waals surface area contributed by atoms with Gasteiger partial charge in [-0.05, 0) is 13.8 Å². The van der Waals surface area contributed by atoms with Crippen molar-refractivity contribution >= 4 is 12.6 Å². The molecule has 7 heavy (non-hydrogen) atoms. The van der Waals surface area contributed by atoms with Gasteiger partial charge < -0.3 is 9.59 Å². The van der Waals surface area contributed by atoms with Crippen LogP contribution in [-0.4, -0.2) is 12.6 Å². The third-order valence-corrected chi connectivity index (χ3v) is 0. The van der Waals surface area contributed by atoms with E-state index in [9.17, 15) is 0 Å². The summed E-state index contributed by atoms with van der Waals surface area (Å²) in [4.78, 5) is 17.6. The van der Waals surface area contributed by atoms with Gasteiger partial charge in [-0.1, -0.05) is 0 Å². The van der Waals surface area contributed by atoms with Gasteiger partial charge in [-0.25, -0.2) is 0 Å². The van der Waals surface area contributed by atoms with Crippen molar-refractivity contribution in [2.75, 3.05) is 0 Å². The van der Waals surface area contributed by atoms with Gasteiger partial charge in [-0.2, -0.15) is 0 Å². The molecule has 0 aromatic rings. The summed E-state index contributed by atoms with van der Waals surface area (Å²) in [5.74, 6) is 0. The molecular weight excluding hydrogens is 281 g/mol. The SMILES string of the molecule is CC=O.CC=O.[Hg]. The molecular formula is C4H8HgO2. The van der Waals surface area contributed by atoms with Crippen LogP contribution in [0.4, 0.5) is 0 Å². The van der Waals surface area contributed by atoms with E-state index in [2.05, 4.69) is 0 Å². The largest absolute Gasteiger partial charge is 0.304 e. The zero-order valence-electron chi connectivity index (χ0n) is 4.68. The molecule has 0 amide bonds. The van der Waals surface area contributed by atoms with Crippen LogP contribution in [0.15, 0.2) is 0 Å². The van der Waals surface area contributed by atoms with E-state index in [-0.39, 0.29) is 27.7 Å². The topological polar surface area (TPSA) is 34.1 Å². The zero-order valence-corrected chi connectivity index (χ0v) is 10.2. The van der Waals surface area contributed by atoms with Gasteiger partial charge in [-0.15, -0.1) is 0 Å². The summed E-state index contributed by atoms with van der Waals surface area (Å²) >= 11 is 0. The molecule has 0 atom stereocenters. The van der Waals surface area contributed by atoms with Gasteiger partial charge in [0.15, 0.2) is 0 Å². The van der Waals surface area contributed by atoms with Gasteiger partial charge in [0, 0.05) is 27.7 Å². The molecule has 2 nitrogen and oxygen atoms in total. The van der Waals surface area contributed by atoms with Crippen molar-refractivity contribution in [1.29, 1.82) is 0 Å². The van der Waals surface area contributed by atoms with E-state index in [1.54, 1.807) is 0 Å². The Kier molecular flexibility index (Phi) is 75.5. The summed E-state index contributed by atoms with van der Waals surface area (Å²) in [6.07, 6.45) is 1.50. The first-order chi connectivity index (χ1) is 2.83. The van der Waals surface area contributed by atoms with E-state index >= 15 is 0 Å². The third kappa shape index (κ3) is 1520. The first-order valence-corrected chi connectivity index (χ1v) is 1.63. The molecule has 0 aromatic heterocycles. The van der Waals surface area contributed by atoms with Crippen molar-refractivity contribution in [1.82, 2.24) is 0 Å². The Labute approximate surface area is 63.8 Å². The molecule has 3 heteroatoms. The maximum Gasteiger partial charge on any atom is 0.116 e. The standard InChI is InChI=1S/2C2H4O.Hg/c2*1-2-3;/h2*2H,1H3;. The molecule has 0 heterocycles. The van der Waals surface area contributed by atoms with E-state index in [1.165, 1.54) is 13.8 Å². The number of carbonyl (C=O) groups excluding carboxylic acids is 2. The second-order valence-corrected chi connectivity index (χ2v) is 0.471. The van der Waals surface area contributed by atoms with Crippen LogP contribution in [-0.2, 0) is 37.3 Å². The smallest absolute Gasteiger partial charge is 0.116 e. The van der Waals surface area contributed by atoms with E-state index in [0.29, 0.717) is 0 Å². The summed E-state index contributed by atoms with van der Waals surface area (Å²) in [7, 11) is 0. The first-order valence-electron chi connectivity index (χ1n) is 1.63. The fraction of sp³-hybridized carbons (Fsp3) is 0.500. The average molecular weight is 289 g/mol. The Balaban J connectivity index is -0.0000000400. The third-order valence-electron chi connectivity index (χ3n) is 0. The average Bonchev–Trinajstić information content (AvgIpc) is 1.39. The Bertz CT molecular complexity index is 30.7. The molecule has 0 aliphatic carbocycles. The maximum atomic E-state index is 8.81. The molecule has 38 valence electrons. The predicted molar refractivity (Wildman–Crippen MR) is 23.5 cm³/mol. The molecule has 0 N–H and O–H groups in total. The van der Waals surface area contributed by atoms with Gasteiger partial charge >= 0.3 is 0 Å². The number of carbonyl (C=O) groups is 2. The molecule has 0 aromatic carbocycles. The van der Waals surface area contributed by atoms with Crippen LogP contribution < -0.4 is 0 Å². The fourth-order valence-corrected chi connectivity index (χ4v) is 0. The minimum Gasteiger partial charge on any atom is -0.304 e. The minimum absolute atomic E-state index is 0. The summed E-state index contributed by atoms with van der Waals surface area (Å²) in [6.45, 7) is 2.89. The van der Waals surface area contributed by atoms with Crippen molar-refractivity contribution in [3.8, 4) is 0 Å². The van der Waals surface area contributed by atoms with Crippen molar-refractivity contribution in [3.63, 3.8) is 0 Å². The van der Waals surface area contributed by atoms with Crippen molar-refractivity contribution in [2.45, 2.75) is 13.8 Å². The molecule has 0 aliphatic heterocycles. The molecule has 0 unspecified atom stereocenters. The Hall–Kier alpha value is 0.275. The molecule has 0 bridgehead atoms. The van der Waals surface area contributed by atoms with E-state index in [4.69, 9.17) is 9.59 Å². The van der Waals surface area contributed by atoms with E-state index < -0.39 is 0 Å². The number of hydrogen-bond acceptors (Lipinski definition) is 2. The van der Waals surface area contributed by atoms with E-state index in [0.717, 1.165) is 12.6 Å². The number of aldehydes is 2. The van der Waals surface area contributed by atoms with Gasteiger partial charge in [0.05, 0.1) is 0 Å². The minimum atomic E-state index is 0. The van der Waals surface area contributed by atoms with Crippen molar-refractivity contribution in [3.05, 3.63) is 0 Å². The van der Waals surface area contributed by atoms with Crippen molar-refractivity contribution in [2.24, 2.45) is 0 Å². The van der Waals surface area contributed by atoms with Crippen LogP contribution in [0, 0.1) is 0 Å². The normalized spacial score (nSPS) is 3.71. The van der Waals surface area contributed by atoms with Crippen LogP contribution >= 0.6 is 0 Å². The van der Waals surface area contributed by atoms with Crippen LogP contribution in [0.3, 0.4) is 0 Å². The van der Waals surface area contributed by atoms with Crippen molar-refractivity contribution < 1.29 is 37.3 Å². The van der Waals surface area contributed by atoms with Crippen LogP contribution in [0.1, 0.15) is 13.8 Å². The molecule has 0 saturated carbocycles. The molecule has 0 radical (unpaired) electrons. The second-order valence-electron chi connectivity index (χ2n) is 0.471. The zero-order chi connectivity index (χ0) is 5.41. The molecule has 0 saturated heterocycles. The Morgan fingerprint density at radius 1 is 1.00 bits per heavy atom. The van der Waals surface area contributed by atoms with Gasteiger partial charge in [-0.3, -0.25) is 0 Å². The summed E-state index contributed by atoms with van der Waals surface area (Å²) in [5.41, 5.74) is 0. The second kappa shape index (κ2) is 33.7. The summed E-state index contributed by atoms with van der Waals surface area (Å²) < 4.78 is 0. The fourth-order valence-electron chi connectivity index (χ4n) is 0. The van der Waals surface area contributed by atoms with Crippen LogP contribution in [0.5, 0.6) is 0 Å². The predicted octanol–water partition coefficient (Wildman–Crippen LogP) is 0.408. The molecule has 0 aliphatic rings. The molecule has 0 fully saturated rings. The number of rotatable bonds is 0. The van der Waals surface area contributed by atoms with E-state index in [1.807, 2.05) is 0 Å². The summed E-state index contributed by atoms with van der Waals surface area (Å²) in [5, 5.41) is 0. The quantitative estimate of drug-likeness (QED) is 0.478. The Morgan fingerprint density at radius 3 is 1.00 bits per heavy atom. The maximum absolute atomic E-state index is 8.81. The molecule has 0 spiro atoms.